The standard InChI is InChI=1S/C20H28N6O2/c1-14(27)21-10-12-26-19-18(22-8-9-23-19)17(24-26)16-7-11-25(13-16)20(28)15-5-3-2-4-6-15/h8-9,15-16H,2-7,10-13H2,1H3,(H,21,27). The molecule has 1 saturated heterocycles. The Morgan fingerprint density at radius 2 is 1.93 bits per heavy atom. The van der Waals surface area contributed by atoms with E-state index in [0.717, 1.165) is 42.7 Å². The summed E-state index contributed by atoms with van der Waals surface area (Å²) in [6, 6.07) is 0. The van der Waals surface area contributed by atoms with Crippen molar-refractivity contribution in [3.05, 3.63) is 18.1 Å². The Hall–Kier alpha value is -2.51. The number of likely N-dealkylation sites (tertiary alicyclic amines) is 1. The topological polar surface area (TPSA) is 93.0 Å². The Balaban J connectivity index is 1.49. The summed E-state index contributed by atoms with van der Waals surface area (Å²) in [4.78, 5) is 35.0. The van der Waals surface area contributed by atoms with Gasteiger partial charge in [0, 0.05) is 50.8 Å². The number of amides is 2. The van der Waals surface area contributed by atoms with E-state index in [1.54, 1.807) is 12.4 Å². The van der Waals surface area contributed by atoms with Crippen molar-refractivity contribution in [2.24, 2.45) is 5.92 Å². The molecule has 0 spiro atoms. The summed E-state index contributed by atoms with van der Waals surface area (Å²) in [6.45, 7) is 4.05. The quantitative estimate of drug-likeness (QED) is 0.849. The minimum absolute atomic E-state index is 0.0598. The highest BCUT2D eigenvalue weighted by Crippen LogP contribution is 2.33. The number of carbonyl (C=O) groups is 2. The van der Waals surface area contributed by atoms with Gasteiger partial charge in [0.15, 0.2) is 5.65 Å². The smallest absolute Gasteiger partial charge is 0.225 e. The van der Waals surface area contributed by atoms with E-state index in [4.69, 9.17) is 5.10 Å². The molecule has 2 fully saturated rings. The van der Waals surface area contributed by atoms with Crippen molar-refractivity contribution >= 4 is 23.0 Å². The summed E-state index contributed by atoms with van der Waals surface area (Å²) in [7, 11) is 0. The molecular weight excluding hydrogens is 356 g/mol. The fourth-order valence-electron chi connectivity index (χ4n) is 4.49. The fourth-order valence-corrected chi connectivity index (χ4v) is 4.49. The van der Waals surface area contributed by atoms with Crippen molar-refractivity contribution in [1.29, 1.82) is 0 Å². The lowest BCUT2D eigenvalue weighted by Crippen LogP contribution is -2.35. The van der Waals surface area contributed by atoms with E-state index in [9.17, 15) is 9.59 Å². The number of aromatic nitrogens is 4. The van der Waals surface area contributed by atoms with E-state index in [0.29, 0.717) is 25.5 Å². The van der Waals surface area contributed by atoms with Gasteiger partial charge in [0.1, 0.15) is 5.52 Å². The SMILES string of the molecule is CC(=O)NCCn1nc(C2CCN(C(=O)C3CCCCC3)C2)c2nccnc21. The van der Waals surface area contributed by atoms with Crippen molar-refractivity contribution in [1.82, 2.24) is 30.0 Å². The van der Waals surface area contributed by atoms with Crippen LogP contribution >= 0.6 is 0 Å². The molecule has 1 N–H and O–H groups in total. The average molecular weight is 384 g/mol. The monoisotopic (exact) mass is 384 g/mol. The zero-order valence-corrected chi connectivity index (χ0v) is 16.4. The van der Waals surface area contributed by atoms with Gasteiger partial charge in [-0.15, -0.1) is 0 Å². The van der Waals surface area contributed by atoms with E-state index in [2.05, 4.69) is 15.3 Å². The molecule has 3 heterocycles. The zero-order valence-electron chi connectivity index (χ0n) is 16.4. The number of hydrogen-bond donors (Lipinski definition) is 1. The molecule has 2 aromatic rings. The Labute approximate surface area is 164 Å². The molecule has 2 amide bonds. The summed E-state index contributed by atoms with van der Waals surface area (Å²) in [6.07, 6.45) is 9.93. The van der Waals surface area contributed by atoms with Crippen LogP contribution in [0.25, 0.3) is 11.2 Å². The minimum Gasteiger partial charge on any atom is -0.354 e. The van der Waals surface area contributed by atoms with Gasteiger partial charge in [-0.25, -0.2) is 14.6 Å². The Kier molecular flexibility index (Phi) is 5.54. The van der Waals surface area contributed by atoms with Gasteiger partial charge in [-0.2, -0.15) is 5.10 Å². The van der Waals surface area contributed by atoms with Gasteiger partial charge >= 0.3 is 0 Å². The Bertz CT molecular complexity index is 857. The second kappa shape index (κ2) is 8.24. The maximum Gasteiger partial charge on any atom is 0.225 e. The average Bonchev–Trinajstić information content (AvgIpc) is 3.33. The molecule has 4 rings (SSSR count). The molecule has 0 radical (unpaired) electrons. The van der Waals surface area contributed by atoms with Crippen molar-refractivity contribution in [2.45, 2.75) is 57.9 Å². The number of hydrogen-bond acceptors (Lipinski definition) is 5. The van der Waals surface area contributed by atoms with Gasteiger partial charge < -0.3 is 10.2 Å². The van der Waals surface area contributed by atoms with Crippen LogP contribution in [0, 0.1) is 5.92 Å². The summed E-state index contributed by atoms with van der Waals surface area (Å²) < 4.78 is 1.82. The maximum atomic E-state index is 12.9. The third-order valence-corrected chi connectivity index (χ3v) is 5.93. The van der Waals surface area contributed by atoms with Crippen molar-refractivity contribution < 1.29 is 9.59 Å². The predicted molar refractivity (Wildman–Crippen MR) is 105 cm³/mol. The van der Waals surface area contributed by atoms with Gasteiger partial charge in [0.2, 0.25) is 11.8 Å². The first kappa shape index (κ1) is 18.8. The van der Waals surface area contributed by atoms with E-state index >= 15 is 0 Å². The molecule has 28 heavy (non-hydrogen) atoms. The van der Waals surface area contributed by atoms with Crippen LogP contribution in [0.3, 0.4) is 0 Å². The number of nitrogens with zero attached hydrogens (tertiary/aromatic N) is 5. The van der Waals surface area contributed by atoms with E-state index in [1.807, 2.05) is 9.58 Å². The Morgan fingerprint density at radius 1 is 1.14 bits per heavy atom. The number of rotatable bonds is 5. The first-order valence-electron chi connectivity index (χ1n) is 10.3. The largest absolute Gasteiger partial charge is 0.354 e. The predicted octanol–water partition coefficient (Wildman–Crippen LogP) is 1.86. The lowest BCUT2D eigenvalue weighted by Gasteiger charge is -2.26. The van der Waals surface area contributed by atoms with Crippen LogP contribution in [0.5, 0.6) is 0 Å². The van der Waals surface area contributed by atoms with Gasteiger partial charge in [0.05, 0.1) is 12.2 Å². The lowest BCUT2D eigenvalue weighted by atomic mass is 9.88. The summed E-state index contributed by atoms with van der Waals surface area (Å²) in [5.74, 6) is 0.658. The fraction of sp³-hybridized carbons (Fsp3) is 0.650. The first-order valence-corrected chi connectivity index (χ1v) is 10.3. The molecule has 1 saturated carbocycles. The molecule has 2 aliphatic rings. The molecular formula is C20H28N6O2. The molecule has 1 aliphatic heterocycles. The van der Waals surface area contributed by atoms with Gasteiger partial charge in [0.25, 0.3) is 0 Å². The zero-order chi connectivity index (χ0) is 19.5. The lowest BCUT2D eigenvalue weighted by molar-refractivity contribution is -0.135. The van der Waals surface area contributed by atoms with Gasteiger partial charge in [-0.3, -0.25) is 9.59 Å². The van der Waals surface area contributed by atoms with Crippen molar-refractivity contribution in [3.63, 3.8) is 0 Å². The number of nitrogens with one attached hydrogen (secondary N) is 1. The highest BCUT2D eigenvalue weighted by Gasteiger charge is 2.34. The van der Waals surface area contributed by atoms with Gasteiger partial charge in [-0.05, 0) is 19.3 Å². The van der Waals surface area contributed by atoms with Crippen LogP contribution in [0.1, 0.15) is 57.1 Å². The van der Waals surface area contributed by atoms with Crippen LogP contribution in [-0.4, -0.2) is 56.1 Å². The summed E-state index contributed by atoms with van der Waals surface area (Å²) in [5.41, 5.74) is 2.46. The highest BCUT2D eigenvalue weighted by molar-refractivity contribution is 5.80. The first-order chi connectivity index (χ1) is 13.6. The molecule has 1 atom stereocenters. The van der Waals surface area contributed by atoms with Crippen LogP contribution in [0.15, 0.2) is 12.4 Å². The highest BCUT2D eigenvalue weighted by atomic mass is 16.2. The molecule has 8 nitrogen and oxygen atoms in total. The molecule has 150 valence electrons. The van der Waals surface area contributed by atoms with Gasteiger partial charge in [-0.1, -0.05) is 19.3 Å². The molecule has 1 aliphatic carbocycles. The third-order valence-electron chi connectivity index (χ3n) is 5.93. The molecule has 1 unspecified atom stereocenters. The van der Waals surface area contributed by atoms with Crippen molar-refractivity contribution in [3.8, 4) is 0 Å². The minimum atomic E-state index is -0.0598. The molecule has 2 aromatic heterocycles. The number of fused-ring (bicyclic) bond motifs is 1. The second-order valence-corrected chi connectivity index (χ2v) is 7.92. The van der Waals surface area contributed by atoms with Crippen LogP contribution in [0.2, 0.25) is 0 Å². The van der Waals surface area contributed by atoms with Crippen LogP contribution in [0.4, 0.5) is 0 Å². The molecule has 8 heteroatoms. The third kappa shape index (κ3) is 3.86. The van der Waals surface area contributed by atoms with E-state index in [-0.39, 0.29) is 17.7 Å². The van der Waals surface area contributed by atoms with E-state index < -0.39 is 0 Å². The Morgan fingerprint density at radius 3 is 2.71 bits per heavy atom. The normalized spacial score (nSPS) is 20.6. The van der Waals surface area contributed by atoms with Crippen LogP contribution in [-0.2, 0) is 16.1 Å². The molecule has 0 aromatic carbocycles. The van der Waals surface area contributed by atoms with Crippen LogP contribution < -0.4 is 5.32 Å². The van der Waals surface area contributed by atoms with Crippen molar-refractivity contribution in [2.75, 3.05) is 19.6 Å². The summed E-state index contributed by atoms with van der Waals surface area (Å²) >= 11 is 0. The maximum absolute atomic E-state index is 12.9. The summed E-state index contributed by atoms with van der Waals surface area (Å²) in [5, 5.41) is 7.57. The second-order valence-electron chi connectivity index (χ2n) is 7.92. The van der Waals surface area contributed by atoms with E-state index in [1.165, 1.54) is 26.2 Å². The number of carbonyl (C=O) groups excluding carboxylic acids is 2. The molecule has 0 bridgehead atoms.